The zero-order valence-corrected chi connectivity index (χ0v) is 19.2. The van der Waals surface area contributed by atoms with Crippen LogP contribution >= 0.6 is 0 Å². The minimum atomic E-state index is -1.20. The Hall–Kier alpha value is -1.46. The van der Waals surface area contributed by atoms with Crippen molar-refractivity contribution < 1.29 is 29.1 Å². The normalized spacial score (nSPS) is 43.6. The SMILES string of the molecule is COOC(C)OCOCC12CC3C(C)CCC3C3(C#N)CC1C=C(C(C)C)C32C(=O)O. The highest BCUT2D eigenvalue weighted by Crippen LogP contribution is 2.83. The molecule has 1 N–H and O–H groups in total. The standard InChI is InChI=1S/C24H35NO6/c1-14(2)20-8-17-9-22(11-25)19-7-6-15(3)18(19)10-23(17,24(20,22)21(26)27)12-29-13-30-16(4)31-28-5/h8,14-19H,6-7,9-10,12-13H2,1-5H3,(H,26,27). The van der Waals surface area contributed by atoms with Gasteiger partial charge < -0.3 is 14.6 Å². The number of rotatable bonds is 9. The van der Waals surface area contributed by atoms with E-state index in [4.69, 9.17) is 14.4 Å². The van der Waals surface area contributed by atoms with Gasteiger partial charge in [-0.15, -0.1) is 0 Å². The monoisotopic (exact) mass is 433 g/mol. The van der Waals surface area contributed by atoms with Crippen LogP contribution in [0.1, 0.15) is 53.4 Å². The van der Waals surface area contributed by atoms with Crippen LogP contribution in [0.5, 0.6) is 0 Å². The van der Waals surface area contributed by atoms with Gasteiger partial charge in [-0.05, 0) is 55.8 Å². The third-order valence-corrected chi connectivity index (χ3v) is 9.01. The number of hydrogen-bond acceptors (Lipinski definition) is 6. The van der Waals surface area contributed by atoms with E-state index in [-0.39, 0.29) is 31.2 Å². The molecule has 0 aromatic heterocycles. The van der Waals surface area contributed by atoms with Crippen molar-refractivity contribution in [3.63, 3.8) is 0 Å². The first-order valence-electron chi connectivity index (χ1n) is 11.5. The van der Waals surface area contributed by atoms with E-state index in [1.807, 2.05) is 13.8 Å². The molecule has 0 aliphatic heterocycles. The zero-order chi connectivity index (χ0) is 22.6. The summed E-state index contributed by atoms with van der Waals surface area (Å²) >= 11 is 0. The van der Waals surface area contributed by atoms with Gasteiger partial charge in [0.15, 0.2) is 6.29 Å². The van der Waals surface area contributed by atoms with E-state index >= 15 is 0 Å². The predicted molar refractivity (Wildman–Crippen MR) is 111 cm³/mol. The van der Waals surface area contributed by atoms with E-state index in [9.17, 15) is 15.2 Å². The second-order valence-corrected chi connectivity index (χ2v) is 10.4. The number of carboxylic acid groups (broad SMARTS) is 1. The summed E-state index contributed by atoms with van der Waals surface area (Å²) in [5, 5.41) is 21.5. The molecule has 0 aromatic rings. The number of nitriles is 1. The molecule has 3 fully saturated rings. The van der Waals surface area contributed by atoms with Crippen LogP contribution in [0, 0.1) is 57.2 Å². The average molecular weight is 434 g/mol. The van der Waals surface area contributed by atoms with Crippen LogP contribution in [0.25, 0.3) is 0 Å². The molecule has 0 amide bonds. The smallest absolute Gasteiger partial charge is 0.316 e. The number of fused-ring (bicyclic) bond motifs is 2. The molecule has 3 saturated carbocycles. The number of aliphatic carboxylic acids is 1. The fourth-order valence-electron chi connectivity index (χ4n) is 8.07. The minimum absolute atomic E-state index is 0.0189. The Kier molecular flexibility index (Phi) is 5.75. The second kappa shape index (κ2) is 7.84. The Morgan fingerprint density at radius 2 is 2.06 bits per heavy atom. The van der Waals surface area contributed by atoms with Crippen molar-refractivity contribution in [3.8, 4) is 6.07 Å². The lowest BCUT2D eigenvalue weighted by atomic mass is 9.43. The van der Waals surface area contributed by atoms with E-state index < -0.39 is 28.5 Å². The lowest BCUT2D eigenvalue weighted by molar-refractivity contribution is -0.369. The van der Waals surface area contributed by atoms with Crippen LogP contribution in [0.2, 0.25) is 0 Å². The van der Waals surface area contributed by atoms with Gasteiger partial charge in [-0.2, -0.15) is 5.26 Å². The first-order chi connectivity index (χ1) is 14.7. The molecule has 4 aliphatic carbocycles. The van der Waals surface area contributed by atoms with Crippen molar-refractivity contribution in [1.82, 2.24) is 0 Å². The van der Waals surface area contributed by atoms with Crippen LogP contribution in [0.4, 0.5) is 0 Å². The maximum atomic E-state index is 13.3. The van der Waals surface area contributed by atoms with E-state index in [0.717, 1.165) is 24.8 Å². The van der Waals surface area contributed by atoms with Crippen LogP contribution in [0.3, 0.4) is 0 Å². The average Bonchev–Trinajstić information content (AvgIpc) is 3.28. The summed E-state index contributed by atoms with van der Waals surface area (Å²) in [5.74, 6) is 0.233. The van der Waals surface area contributed by atoms with Gasteiger partial charge >= 0.3 is 5.97 Å². The molecule has 0 heterocycles. The van der Waals surface area contributed by atoms with E-state index in [1.54, 1.807) is 6.92 Å². The maximum Gasteiger partial charge on any atom is 0.316 e. The number of hydrogen-bond donors (Lipinski definition) is 1. The third kappa shape index (κ3) is 2.75. The topological polar surface area (TPSA) is 98.0 Å². The van der Waals surface area contributed by atoms with E-state index in [2.05, 4.69) is 24.0 Å². The van der Waals surface area contributed by atoms with Gasteiger partial charge in [-0.1, -0.05) is 38.8 Å². The lowest BCUT2D eigenvalue weighted by Gasteiger charge is -2.57. The van der Waals surface area contributed by atoms with Crippen LogP contribution < -0.4 is 0 Å². The molecule has 0 radical (unpaired) electrons. The largest absolute Gasteiger partial charge is 0.481 e. The highest BCUT2D eigenvalue weighted by atomic mass is 17.2. The van der Waals surface area contributed by atoms with Gasteiger partial charge in [-0.25, -0.2) is 9.78 Å². The molecule has 4 bridgehead atoms. The van der Waals surface area contributed by atoms with Gasteiger partial charge in [0.05, 0.1) is 25.2 Å². The summed E-state index contributed by atoms with van der Waals surface area (Å²) in [5.41, 5.74) is -1.77. The molecular weight excluding hydrogens is 398 g/mol. The summed E-state index contributed by atoms with van der Waals surface area (Å²) in [6, 6.07) is 2.64. The summed E-state index contributed by atoms with van der Waals surface area (Å²) in [7, 11) is 1.41. The molecule has 172 valence electrons. The van der Waals surface area contributed by atoms with Gasteiger partial charge in [0.2, 0.25) is 0 Å². The first kappa shape index (κ1) is 22.7. The van der Waals surface area contributed by atoms with Gasteiger partial charge in [0, 0.05) is 5.41 Å². The fraction of sp³-hybridized carbons (Fsp3) is 0.833. The third-order valence-electron chi connectivity index (χ3n) is 9.01. The molecule has 8 atom stereocenters. The highest BCUT2D eigenvalue weighted by Gasteiger charge is 2.84. The molecule has 0 aromatic carbocycles. The Morgan fingerprint density at radius 3 is 2.68 bits per heavy atom. The van der Waals surface area contributed by atoms with Crippen molar-refractivity contribution >= 4 is 5.97 Å². The Balaban J connectivity index is 1.74. The number of allylic oxidation sites excluding steroid dienone is 1. The zero-order valence-electron chi connectivity index (χ0n) is 19.2. The molecule has 7 nitrogen and oxygen atoms in total. The summed E-state index contributed by atoms with van der Waals surface area (Å²) < 4.78 is 11.5. The summed E-state index contributed by atoms with van der Waals surface area (Å²) in [6.07, 6.45) is 5.00. The Bertz CT molecular complexity index is 804. The molecule has 0 saturated heterocycles. The van der Waals surface area contributed by atoms with E-state index in [1.165, 1.54) is 7.11 Å². The van der Waals surface area contributed by atoms with E-state index in [0.29, 0.717) is 18.3 Å². The molecule has 7 heteroatoms. The molecule has 0 spiro atoms. The molecule has 31 heavy (non-hydrogen) atoms. The molecule has 4 aliphatic rings. The van der Waals surface area contributed by atoms with Gasteiger partial charge in [-0.3, -0.25) is 4.79 Å². The van der Waals surface area contributed by atoms with Crippen LogP contribution in [-0.4, -0.2) is 37.9 Å². The molecule has 4 rings (SSSR count). The number of carboxylic acids is 1. The molecule has 8 unspecified atom stereocenters. The van der Waals surface area contributed by atoms with Crippen molar-refractivity contribution in [1.29, 1.82) is 5.26 Å². The minimum Gasteiger partial charge on any atom is -0.481 e. The fourth-order valence-corrected chi connectivity index (χ4v) is 8.07. The molecular formula is C24H35NO6. The lowest BCUT2D eigenvalue weighted by Crippen LogP contribution is -2.62. The van der Waals surface area contributed by atoms with Crippen molar-refractivity contribution in [3.05, 3.63) is 11.6 Å². The quantitative estimate of drug-likeness (QED) is 0.192. The van der Waals surface area contributed by atoms with Gasteiger partial charge in [0.1, 0.15) is 12.2 Å². The number of nitrogens with zero attached hydrogens (tertiary/aromatic N) is 1. The predicted octanol–water partition coefficient (Wildman–Crippen LogP) is 4.15. The van der Waals surface area contributed by atoms with Crippen LogP contribution in [0.15, 0.2) is 11.6 Å². The summed E-state index contributed by atoms with van der Waals surface area (Å²) in [6.45, 7) is 8.30. The summed E-state index contributed by atoms with van der Waals surface area (Å²) in [4.78, 5) is 22.8. The van der Waals surface area contributed by atoms with Crippen molar-refractivity contribution in [2.45, 2.75) is 59.7 Å². The first-order valence-corrected chi connectivity index (χ1v) is 11.5. The highest BCUT2D eigenvalue weighted by molar-refractivity contribution is 5.85. The maximum absolute atomic E-state index is 13.3. The van der Waals surface area contributed by atoms with Crippen LogP contribution in [-0.2, 0) is 24.0 Å². The second-order valence-electron chi connectivity index (χ2n) is 10.4. The van der Waals surface area contributed by atoms with Gasteiger partial charge in [0.25, 0.3) is 0 Å². The number of carbonyl (C=O) groups is 1. The number of ether oxygens (including phenoxy) is 2. The Morgan fingerprint density at radius 1 is 1.32 bits per heavy atom. The Labute approximate surface area is 184 Å². The van der Waals surface area contributed by atoms with Crippen molar-refractivity contribution in [2.75, 3.05) is 20.5 Å². The van der Waals surface area contributed by atoms with Crippen molar-refractivity contribution in [2.24, 2.45) is 45.8 Å².